The topological polar surface area (TPSA) is 76.0 Å². The summed E-state index contributed by atoms with van der Waals surface area (Å²) in [5, 5.41) is 7.32. The summed E-state index contributed by atoms with van der Waals surface area (Å²) < 4.78 is 28.9. The van der Waals surface area contributed by atoms with Crippen molar-refractivity contribution in [3.63, 3.8) is 0 Å². The Balaban J connectivity index is 2.19. The first-order valence-electron chi connectivity index (χ1n) is 6.63. The molecule has 2 N–H and O–H groups in total. The fourth-order valence-electron chi connectivity index (χ4n) is 1.85. The Bertz CT molecular complexity index is 716. The van der Waals surface area contributed by atoms with Gasteiger partial charge >= 0.3 is 0 Å². The van der Waals surface area contributed by atoms with Gasteiger partial charge in [-0.05, 0) is 13.0 Å². The van der Waals surface area contributed by atoms with Gasteiger partial charge in [0.1, 0.15) is 4.90 Å². The van der Waals surface area contributed by atoms with E-state index in [-0.39, 0.29) is 0 Å². The van der Waals surface area contributed by atoms with Crippen LogP contribution in [0.25, 0.3) is 0 Å². The second-order valence-corrected chi connectivity index (χ2v) is 8.14. The highest BCUT2D eigenvalue weighted by Gasteiger charge is 2.21. The minimum atomic E-state index is -3.59. The SMILES string of the molecule is Cc1sc(CNC(C)C)cc1S(=O)(=O)Nc1ccn(C)n1. The molecule has 0 aliphatic heterocycles. The molecule has 0 aliphatic rings. The van der Waals surface area contributed by atoms with Crippen LogP contribution in [0, 0.1) is 6.92 Å². The number of nitrogens with one attached hydrogen (secondary N) is 2. The van der Waals surface area contributed by atoms with E-state index in [1.807, 2.05) is 6.92 Å². The molecule has 0 saturated heterocycles. The molecule has 0 radical (unpaired) electrons. The van der Waals surface area contributed by atoms with E-state index in [0.717, 1.165) is 9.75 Å². The fourth-order valence-corrected chi connectivity index (χ4v) is 4.43. The molecule has 2 rings (SSSR count). The van der Waals surface area contributed by atoms with Gasteiger partial charge in [-0.15, -0.1) is 11.3 Å². The third kappa shape index (κ3) is 4.05. The average Bonchev–Trinajstić information content (AvgIpc) is 2.93. The summed E-state index contributed by atoms with van der Waals surface area (Å²) in [4.78, 5) is 2.10. The van der Waals surface area contributed by atoms with Crippen LogP contribution in [-0.2, 0) is 23.6 Å². The fraction of sp³-hybridized carbons (Fsp3) is 0.462. The minimum absolute atomic E-state index is 0.318. The maximum absolute atomic E-state index is 12.4. The average molecular weight is 328 g/mol. The molecule has 2 aromatic heterocycles. The van der Waals surface area contributed by atoms with Gasteiger partial charge in [-0.2, -0.15) is 5.10 Å². The van der Waals surface area contributed by atoms with Crippen molar-refractivity contribution in [2.75, 3.05) is 4.72 Å². The van der Waals surface area contributed by atoms with Crippen molar-refractivity contribution in [2.45, 2.75) is 38.3 Å². The largest absolute Gasteiger partial charge is 0.310 e. The second kappa shape index (κ2) is 6.17. The lowest BCUT2D eigenvalue weighted by molar-refractivity contribution is 0.592. The third-order valence-corrected chi connectivity index (χ3v) is 5.51. The third-order valence-electron chi connectivity index (χ3n) is 2.85. The molecule has 0 aromatic carbocycles. The molecule has 8 heteroatoms. The monoisotopic (exact) mass is 328 g/mol. The van der Waals surface area contributed by atoms with Crippen LogP contribution in [0.3, 0.4) is 0 Å². The molecule has 0 amide bonds. The van der Waals surface area contributed by atoms with Gasteiger partial charge in [0.2, 0.25) is 0 Å². The quantitative estimate of drug-likeness (QED) is 0.851. The number of rotatable bonds is 6. The van der Waals surface area contributed by atoms with Gasteiger partial charge in [-0.3, -0.25) is 9.40 Å². The van der Waals surface area contributed by atoms with E-state index in [9.17, 15) is 8.42 Å². The first-order chi connectivity index (χ1) is 9.78. The lowest BCUT2D eigenvalue weighted by atomic mass is 10.3. The second-order valence-electron chi connectivity index (χ2n) is 5.15. The van der Waals surface area contributed by atoms with Crippen LogP contribution in [0.1, 0.15) is 23.6 Å². The van der Waals surface area contributed by atoms with E-state index in [2.05, 4.69) is 29.0 Å². The molecule has 2 aromatic rings. The number of hydrogen-bond donors (Lipinski definition) is 2. The van der Waals surface area contributed by atoms with Gasteiger partial charge in [0, 0.05) is 41.7 Å². The van der Waals surface area contributed by atoms with Crippen molar-refractivity contribution in [1.29, 1.82) is 0 Å². The van der Waals surface area contributed by atoms with E-state index in [1.54, 1.807) is 30.1 Å². The predicted octanol–water partition coefficient (Wildman–Crippen LogP) is 2.09. The zero-order valence-corrected chi connectivity index (χ0v) is 14.2. The predicted molar refractivity (Wildman–Crippen MR) is 85.0 cm³/mol. The Kier molecular flexibility index (Phi) is 4.70. The van der Waals surface area contributed by atoms with Crippen molar-refractivity contribution in [1.82, 2.24) is 15.1 Å². The Hall–Kier alpha value is -1.38. The highest BCUT2D eigenvalue weighted by Crippen LogP contribution is 2.27. The zero-order valence-electron chi connectivity index (χ0n) is 12.5. The van der Waals surface area contributed by atoms with Crippen LogP contribution in [0.5, 0.6) is 0 Å². The summed E-state index contributed by atoms with van der Waals surface area (Å²) in [5.74, 6) is 0.324. The normalized spacial score (nSPS) is 12.0. The van der Waals surface area contributed by atoms with Crippen molar-refractivity contribution >= 4 is 27.2 Å². The smallest absolute Gasteiger partial charge is 0.264 e. The summed E-state index contributed by atoms with van der Waals surface area (Å²) in [6.07, 6.45) is 1.69. The summed E-state index contributed by atoms with van der Waals surface area (Å²) in [6.45, 7) is 6.60. The zero-order chi connectivity index (χ0) is 15.6. The number of thiophene rings is 1. The van der Waals surface area contributed by atoms with Crippen molar-refractivity contribution in [2.24, 2.45) is 7.05 Å². The molecule has 116 valence electrons. The van der Waals surface area contributed by atoms with Crippen LogP contribution < -0.4 is 10.0 Å². The summed E-state index contributed by atoms with van der Waals surface area (Å²) in [7, 11) is -1.85. The highest BCUT2D eigenvalue weighted by atomic mass is 32.2. The van der Waals surface area contributed by atoms with Crippen LogP contribution in [0.4, 0.5) is 5.82 Å². The molecular formula is C13H20N4O2S2. The number of sulfonamides is 1. The lowest BCUT2D eigenvalue weighted by Gasteiger charge is -2.05. The number of aromatic nitrogens is 2. The van der Waals surface area contributed by atoms with Crippen LogP contribution in [0.2, 0.25) is 0 Å². The summed E-state index contributed by atoms with van der Waals surface area (Å²) in [5.41, 5.74) is 0. The van der Waals surface area contributed by atoms with E-state index >= 15 is 0 Å². The van der Waals surface area contributed by atoms with Gasteiger partial charge in [-0.25, -0.2) is 8.42 Å². The lowest BCUT2D eigenvalue weighted by Crippen LogP contribution is -2.21. The molecule has 0 fully saturated rings. The number of hydrogen-bond acceptors (Lipinski definition) is 5. The molecule has 0 spiro atoms. The molecule has 0 unspecified atom stereocenters. The number of aryl methyl sites for hydroxylation is 2. The highest BCUT2D eigenvalue weighted by molar-refractivity contribution is 7.93. The molecular weight excluding hydrogens is 308 g/mol. The molecule has 6 nitrogen and oxygen atoms in total. The molecule has 0 aliphatic carbocycles. The Morgan fingerprint density at radius 2 is 2.14 bits per heavy atom. The molecule has 21 heavy (non-hydrogen) atoms. The van der Waals surface area contributed by atoms with Crippen molar-refractivity contribution in [3.05, 3.63) is 28.1 Å². The van der Waals surface area contributed by atoms with Crippen LogP contribution in [-0.4, -0.2) is 24.2 Å². The molecule has 0 saturated carbocycles. The van der Waals surface area contributed by atoms with E-state index in [4.69, 9.17) is 0 Å². The number of anilines is 1. The van der Waals surface area contributed by atoms with Gasteiger partial charge in [0.15, 0.2) is 5.82 Å². The summed E-state index contributed by atoms with van der Waals surface area (Å²) >= 11 is 1.49. The maximum atomic E-state index is 12.4. The van der Waals surface area contributed by atoms with Gasteiger partial charge in [0.25, 0.3) is 10.0 Å². The van der Waals surface area contributed by atoms with E-state index in [0.29, 0.717) is 23.3 Å². The standard InChI is InChI=1S/C13H20N4O2S2/c1-9(2)14-8-11-7-12(10(3)20-11)21(18,19)16-13-5-6-17(4)15-13/h5-7,9,14H,8H2,1-4H3,(H,15,16). The maximum Gasteiger partial charge on any atom is 0.264 e. The first kappa shape index (κ1) is 16.0. The van der Waals surface area contributed by atoms with Gasteiger partial charge in [0.05, 0.1) is 0 Å². The molecule has 0 bridgehead atoms. The number of nitrogens with zero attached hydrogens (tertiary/aromatic N) is 2. The Labute approximate surface area is 129 Å². The van der Waals surface area contributed by atoms with Crippen molar-refractivity contribution < 1.29 is 8.42 Å². The minimum Gasteiger partial charge on any atom is -0.310 e. The van der Waals surface area contributed by atoms with Crippen LogP contribution >= 0.6 is 11.3 Å². The molecule has 0 atom stereocenters. The molecule has 2 heterocycles. The first-order valence-corrected chi connectivity index (χ1v) is 8.93. The summed E-state index contributed by atoms with van der Waals surface area (Å²) in [6, 6.07) is 3.71. The van der Waals surface area contributed by atoms with Gasteiger partial charge < -0.3 is 5.32 Å². The Morgan fingerprint density at radius 1 is 1.43 bits per heavy atom. The Morgan fingerprint density at radius 3 is 2.71 bits per heavy atom. The van der Waals surface area contributed by atoms with E-state index < -0.39 is 10.0 Å². The van der Waals surface area contributed by atoms with Crippen LogP contribution in [0.15, 0.2) is 23.2 Å². The van der Waals surface area contributed by atoms with Crippen molar-refractivity contribution in [3.8, 4) is 0 Å². The van der Waals surface area contributed by atoms with E-state index in [1.165, 1.54) is 11.3 Å². The van der Waals surface area contributed by atoms with Gasteiger partial charge in [-0.1, -0.05) is 13.8 Å².